The monoisotopic (exact) mass is 565 g/mol. The standard InChI is InChI=1S/C33H47N3O5/c1-21(2)36-30(37)27-15-16-28(22(3)17-27)26-13-11-23(12-14-26)18-29(31(38)39)34-19-24-7-9-25(10-8-24)20-35-32(40)41-33(4,5)6/h11-17,21,24-25,29,34H,7-10,18-20H2,1-6H3,(H,35,40)(H,36,37)(H,38,39). The van der Waals surface area contributed by atoms with Gasteiger partial charge in [0, 0.05) is 18.2 Å². The Hall–Kier alpha value is -3.39. The van der Waals surface area contributed by atoms with Crippen LogP contribution in [0.3, 0.4) is 0 Å². The lowest BCUT2D eigenvalue weighted by Crippen LogP contribution is -2.42. The molecule has 2 aromatic carbocycles. The van der Waals surface area contributed by atoms with Gasteiger partial charge in [-0.05, 0) is 126 Å². The number of hydrogen-bond acceptors (Lipinski definition) is 5. The van der Waals surface area contributed by atoms with E-state index in [-0.39, 0.29) is 18.0 Å². The molecule has 4 N–H and O–H groups in total. The van der Waals surface area contributed by atoms with Crippen LogP contribution < -0.4 is 16.0 Å². The zero-order chi connectivity index (χ0) is 30.2. The molecular weight excluding hydrogens is 518 g/mol. The van der Waals surface area contributed by atoms with Crippen molar-refractivity contribution in [1.29, 1.82) is 0 Å². The van der Waals surface area contributed by atoms with Crippen LogP contribution in [0.4, 0.5) is 4.79 Å². The number of ether oxygens (including phenoxy) is 1. The summed E-state index contributed by atoms with van der Waals surface area (Å²) in [6.45, 7) is 12.7. The van der Waals surface area contributed by atoms with Gasteiger partial charge in [0.15, 0.2) is 0 Å². The van der Waals surface area contributed by atoms with E-state index >= 15 is 0 Å². The molecular formula is C33H47N3O5. The Kier molecular flexibility index (Phi) is 11.4. The lowest BCUT2D eigenvalue weighted by Gasteiger charge is -2.30. The molecule has 2 aromatic rings. The maximum atomic E-state index is 12.3. The fourth-order valence-electron chi connectivity index (χ4n) is 5.27. The van der Waals surface area contributed by atoms with Crippen molar-refractivity contribution in [2.24, 2.45) is 11.8 Å². The molecule has 0 heterocycles. The molecule has 8 heteroatoms. The zero-order valence-corrected chi connectivity index (χ0v) is 25.4. The topological polar surface area (TPSA) is 117 Å². The number of aryl methyl sites for hydroxylation is 1. The second-order valence-corrected chi connectivity index (χ2v) is 12.6. The van der Waals surface area contributed by atoms with Crippen molar-refractivity contribution in [3.63, 3.8) is 0 Å². The maximum absolute atomic E-state index is 12.3. The van der Waals surface area contributed by atoms with Crippen LogP contribution in [-0.2, 0) is 16.0 Å². The zero-order valence-electron chi connectivity index (χ0n) is 25.4. The third-order valence-electron chi connectivity index (χ3n) is 7.46. The van der Waals surface area contributed by atoms with E-state index < -0.39 is 17.6 Å². The van der Waals surface area contributed by atoms with E-state index in [2.05, 4.69) is 16.0 Å². The summed E-state index contributed by atoms with van der Waals surface area (Å²) in [4.78, 5) is 36.3. The average Bonchev–Trinajstić information content (AvgIpc) is 2.89. The van der Waals surface area contributed by atoms with Crippen LogP contribution >= 0.6 is 0 Å². The van der Waals surface area contributed by atoms with Crippen LogP contribution in [0.2, 0.25) is 0 Å². The van der Waals surface area contributed by atoms with Crippen LogP contribution in [0, 0.1) is 18.8 Å². The van der Waals surface area contributed by atoms with Gasteiger partial charge in [0.1, 0.15) is 11.6 Å². The summed E-state index contributed by atoms with van der Waals surface area (Å²) in [5.41, 5.74) is 4.17. The minimum Gasteiger partial charge on any atom is -0.480 e. The second kappa shape index (κ2) is 14.5. The lowest BCUT2D eigenvalue weighted by molar-refractivity contribution is -0.139. The molecule has 41 heavy (non-hydrogen) atoms. The first-order chi connectivity index (χ1) is 19.3. The summed E-state index contributed by atoms with van der Waals surface area (Å²) in [7, 11) is 0. The van der Waals surface area contributed by atoms with E-state index in [1.54, 1.807) is 0 Å². The number of amides is 2. The number of carboxylic acid groups (broad SMARTS) is 1. The quantitative estimate of drug-likeness (QED) is 0.277. The van der Waals surface area contributed by atoms with Gasteiger partial charge in [-0.2, -0.15) is 0 Å². The molecule has 0 aromatic heterocycles. The van der Waals surface area contributed by atoms with Crippen LogP contribution in [-0.4, -0.2) is 53.9 Å². The Balaban J connectivity index is 1.48. The summed E-state index contributed by atoms with van der Waals surface area (Å²) >= 11 is 0. The molecule has 1 saturated carbocycles. The summed E-state index contributed by atoms with van der Waals surface area (Å²) in [6.07, 6.45) is 4.04. The smallest absolute Gasteiger partial charge is 0.407 e. The Morgan fingerprint density at radius 2 is 1.56 bits per heavy atom. The third-order valence-corrected chi connectivity index (χ3v) is 7.46. The SMILES string of the molecule is Cc1cc(C(=O)NC(C)C)ccc1-c1ccc(CC(NCC2CCC(CNC(=O)OC(C)(C)C)CC2)C(=O)O)cc1. The van der Waals surface area contributed by atoms with E-state index in [4.69, 9.17) is 4.74 Å². The lowest BCUT2D eigenvalue weighted by atomic mass is 9.82. The highest BCUT2D eigenvalue weighted by Gasteiger charge is 2.25. The molecule has 2 amide bonds. The number of aliphatic carboxylic acids is 1. The number of carbonyl (C=O) groups is 3. The van der Waals surface area contributed by atoms with Gasteiger partial charge in [-0.15, -0.1) is 0 Å². The highest BCUT2D eigenvalue weighted by atomic mass is 16.6. The van der Waals surface area contributed by atoms with Crippen molar-refractivity contribution in [3.05, 3.63) is 59.2 Å². The summed E-state index contributed by atoms with van der Waals surface area (Å²) in [5.74, 6) is -0.0916. The molecule has 8 nitrogen and oxygen atoms in total. The predicted molar refractivity (Wildman–Crippen MR) is 162 cm³/mol. The number of alkyl carbamates (subject to hydrolysis) is 1. The van der Waals surface area contributed by atoms with Crippen molar-refractivity contribution < 1.29 is 24.2 Å². The molecule has 0 aliphatic heterocycles. The van der Waals surface area contributed by atoms with Crippen LogP contribution in [0.15, 0.2) is 42.5 Å². The number of carbonyl (C=O) groups excluding carboxylic acids is 2. The third kappa shape index (κ3) is 10.5. The first kappa shape index (κ1) is 32.1. The molecule has 1 aliphatic rings. The van der Waals surface area contributed by atoms with Gasteiger partial charge in [-0.3, -0.25) is 9.59 Å². The van der Waals surface area contributed by atoms with E-state index in [1.165, 1.54) is 0 Å². The fourth-order valence-corrected chi connectivity index (χ4v) is 5.27. The Labute approximate surface area is 244 Å². The minimum absolute atomic E-state index is 0.0777. The second-order valence-electron chi connectivity index (χ2n) is 12.6. The number of rotatable bonds is 11. The molecule has 0 bridgehead atoms. The van der Waals surface area contributed by atoms with E-state index in [0.29, 0.717) is 36.9 Å². The molecule has 3 rings (SSSR count). The highest BCUT2D eigenvalue weighted by Crippen LogP contribution is 2.28. The molecule has 0 radical (unpaired) electrons. The Morgan fingerprint density at radius 1 is 0.951 bits per heavy atom. The summed E-state index contributed by atoms with van der Waals surface area (Å²) in [5, 5.41) is 18.9. The minimum atomic E-state index is -0.851. The number of carboxylic acids is 1. The number of benzene rings is 2. The molecule has 0 spiro atoms. The Morgan fingerprint density at radius 3 is 2.10 bits per heavy atom. The molecule has 1 unspecified atom stereocenters. The van der Waals surface area contributed by atoms with Crippen molar-refractivity contribution in [2.75, 3.05) is 13.1 Å². The van der Waals surface area contributed by atoms with Gasteiger partial charge in [0.25, 0.3) is 5.91 Å². The average molecular weight is 566 g/mol. The van der Waals surface area contributed by atoms with Crippen LogP contribution in [0.5, 0.6) is 0 Å². The van der Waals surface area contributed by atoms with Crippen molar-refractivity contribution in [1.82, 2.24) is 16.0 Å². The van der Waals surface area contributed by atoms with Crippen LogP contribution in [0.25, 0.3) is 11.1 Å². The summed E-state index contributed by atoms with van der Waals surface area (Å²) in [6, 6.07) is 13.1. The normalized spacial score (nSPS) is 18.0. The van der Waals surface area contributed by atoms with E-state index in [9.17, 15) is 19.5 Å². The molecule has 0 saturated heterocycles. The molecule has 1 fully saturated rings. The molecule has 1 atom stereocenters. The molecule has 224 valence electrons. The van der Waals surface area contributed by atoms with Crippen LogP contribution in [0.1, 0.15) is 81.8 Å². The largest absolute Gasteiger partial charge is 0.480 e. The van der Waals surface area contributed by atoms with Gasteiger partial charge in [-0.1, -0.05) is 30.3 Å². The fraction of sp³-hybridized carbons (Fsp3) is 0.545. The van der Waals surface area contributed by atoms with Gasteiger partial charge < -0.3 is 25.8 Å². The van der Waals surface area contributed by atoms with Gasteiger partial charge in [-0.25, -0.2) is 4.79 Å². The predicted octanol–water partition coefficient (Wildman–Crippen LogP) is 5.72. The first-order valence-corrected chi connectivity index (χ1v) is 14.7. The van der Waals surface area contributed by atoms with E-state index in [1.807, 2.05) is 84.0 Å². The number of hydrogen-bond donors (Lipinski definition) is 4. The first-order valence-electron chi connectivity index (χ1n) is 14.7. The molecule has 1 aliphatic carbocycles. The van der Waals surface area contributed by atoms with Crippen molar-refractivity contribution in [2.45, 2.75) is 91.3 Å². The van der Waals surface area contributed by atoms with Crippen molar-refractivity contribution >= 4 is 18.0 Å². The Bertz CT molecular complexity index is 1180. The van der Waals surface area contributed by atoms with Crippen molar-refractivity contribution in [3.8, 4) is 11.1 Å². The summed E-state index contributed by atoms with van der Waals surface area (Å²) < 4.78 is 5.31. The van der Waals surface area contributed by atoms with E-state index in [0.717, 1.165) is 47.9 Å². The van der Waals surface area contributed by atoms with Gasteiger partial charge in [0.05, 0.1) is 0 Å². The van der Waals surface area contributed by atoms with Gasteiger partial charge >= 0.3 is 12.1 Å². The van der Waals surface area contributed by atoms with Gasteiger partial charge in [0.2, 0.25) is 0 Å². The highest BCUT2D eigenvalue weighted by molar-refractivity contribution is 5.95. The number of nitrogens with one attached hydrogen (secondary N) is 3. The maximum Gasteiger partial charge on any atom is 0.407 e.